The molecule has 0 unspecified atom stereocenters. The molecule has 1 saturated heterocycles. The van der Waals surface area contributed by atoms with Gasteiger partial charge in [-0.05, 0) is 78.6 Å². The Labute approximate surface area is 195 Å². The predicted octanol–water partition coefficient (Wildman–Crippen LogP) is 5.54. The number of nitrogens with one attached hydrogen (secondary N) is 1. The van der Waals surface area contributed by atoms with Gasteiger partial charge in [-0.2, -0.15) is 0 Å². The summed E-state index contributed by atoms with van der Waals surface area (Å²) >= 11 is 6.36. The van der Waals surface area contributed by atoms with E-state index in [4.69, 9.17) is 16.4 Å². The average molecular weight is 449 g/mol. The van der Waals surface area contributed by atoms with E-state index in [0.29, 0.717) is 0 Å². The minimum Gasteiger partial charge on any atom is -0.369 e. The zero-order valence-corrected chi connectivity index (χ0v) is 19.3. The van der Waals surface area contributed by atoms with E-state index in [1.54, 1.807) is 12.4 Å². The van der Waals surface area contributed by atoms with Crippen molar-refractivity contribution in [3.8, 4) is 11.1 Å². The van der Waals surface area contributed by atoms with Crippen molar-refractivity contribution in [2.24, 2.45) is 0 Å². The number of rotatable bonds is 7. The number of aromatic nitrogens is 1. The molecule has 0 atom stereocenters. The van der Waals surface area contributed by atoms with Gasteiger partial charge in [-0.15, -0.1) is 5.59 Å². The van der Waals surface area contributed by atoms with Crippen molar-refractivity contribution >= 4 is 29.4 Å². The molecule has 1 N–H and O–H groups in total. The lowest BCUT2D eigenvalue weighted by molar-refractivity contribution is -0.113. The molecule has 0 spiro atoms. The molecule has 0 amide bonds. The number of anilines is 1. The zero-order valence-electron chi connectivity index (χ0n) is 18.5. The first-order valence-corrected chi connectivity index (χ1v) is 11.3. The quantitative estimate of drug-likeness (QED) is 0.379. The standard InChI is InChI=1S/C26H29ClN4O/c1-20(2)32-29-31-15-13-30(14-16-31)26-7-5-21(6-8-26)3-4-22-17-24(19-25(27)18-22)23-9-11-28-12-10-23/h3-12,17-20,29H,13-16H2,1-2H3/b4-3+. The number of piperazine rings is 1. The van der Waals surface area contributed by atoms with Crippen LogP contribution in [0.25, 0.3) is 23.3 Å². The Kier molecular flexibility index (Phi) is 7.55. The normalized spacial score (nSPS) is 15.1. The van der Waals surface area contributed by atoms with Gasteiger partial charge in [0.1, 0.15) is 0 Å². The van der Waals surface area contributed by atoms with Gasteiger partial charge < -0.3 is 4.90 Å². The minimum absolute atomic E-state index is 0.169. The number of halogens is 1. The molecule has 1 aliphatic heterocycles. The molecule has 2 aromatic carbocycles. The lowest BCUT2D eigenvalue weighted by Crippen LogP contribution is -2.52. The van der Waals surface area contributed by atoms with Crippen molar-refractivity contribution in [2.45, 2.75) is 20.0 Å². The molecule has 1 aromatic heterocycles. The third-order valence-electron chi connectivity index (χ3n) is 5.36. The highest BCUT2D eigenvalue weighted by Crippen LogP contribution is 2.26. The van der Waals surface area contributed by atoms with E-state index in [1.807, 2.05) is 38.1 Å². The molecule has 0 saturated carbocycles. The van der Waals surface area contributed by atoms with Crippen LogP contribution in [0.2, 0.25) is 5.02 Å². The summed E-state index contributed by atoms with van der Waals surface area (Å²) in [6, 6.07) is 18.8. The smallest absolute Gasteiger partial charge is 0.0750 e. The number of nitrogens with zero attached hydrogens (tertiary/aromatic N) is 3. The van der Waals surface area contributed by atoms with Gasteiger partial charge in [-0.25, -0.2) is 5.01 Å². The molecule has 0 aliphatic carbocycles. The van der Waals surface area contributed by atoms with E-state index in [1.165, 1.54) is 5.69 Å². The first-order chi connectivity index (χ1) is 15.6. The molecule has 1 fully saturated rings. The first kappa shape index (κ1) is 22.5. The summed E-state index contributed by atoms with van der Waals surface area (Å²) in [5.74, 6) is 0. The highest BCUT2D eigenvalue weighted by atomic mass is 35.5. The van der Waals surface area contributed by atoms with Gasteiger partial charge in [0.25, 0.3) is 0 Å². The maximum Gasteiger partial charge on any atom is 0.0750 e. The lowest BCUT2D eigenvalue weighted by atomic mass is 10.0. The van der Waals surface area contributed by atoms with E-state index in [-0.39, 0.29) is 6.10 Å². The third-order valence-corrected chi connectivity index (χ3v) is 5.58. The van der Waals surface area contributed by atoms with Crippen LogP contribution in [0.5, 0.6) is 0 Å². The Morgan fingerprint density at radius 2 is 1.56 bits per heavy atom. The topological polar surface area (TPSA) is 40.6 Å². The van der Waals surface area contributed by atoms with Gasteiger partial charge in [-0.3, -0.25) is 9.82 Å². The van der Waals surface area contributed by atoms with E-state index >= 15 is 0 Å². The summed E-state index contributed by atoms with van der Waals surface area (Å²) in [6.45, 7) is 7.80. The number of benzene rings is 2. The van der Waals surface area contributed by atoms with E-state index in [2.05, 4.69) is 63.0 Å². The molecule has 166 valence electrons. The minimum atomic E-state index is 0.169. The van der Waals surface area contributed by atoms with Crippen LogP contribution in [0.3, 0.4) is 0 Å². The summed E-state index contributed by atoms with van der Waals surface area (Å²) in [6.07, 6.45) is 7.98. The van der Waals surface area contributed by atoms with Crippen LogP contribution in [0.4, 0.5) is 5.69 Å². The molecule has 32 heavy (non-hydrogen) atoms. The van der Waals surface area contributed by atoms with Crippen molar-refractivity contribution in [2.75, 3.05) is 31.1 Å². The van der Waals surface area contributed by atoms with Crippen LogP contribution in [-0.2, 0) is 4.84 Å². The lowest BCUT2D eigenvalue weighted by Gasteiger charge is -2.36. The Morgan fingerprint density at radius 1 is 0.875 bits per heavy atom. The van der Waals surface area contributed by atoms with Gasteiger partial charge in [0, 0.05) is 49.3 Å². The highest BCUT2D eigenvalue weighted by Gasteiger charge is 2.17. The van der Waals surface area contributed by atoms with Gasteiger partial charge in [0.2, 0.25) is 0 Å². The molecule has 0 bridgehead atoms. The molecule has 0 radical (unpaired) electrons. The summed E-state index contributed by atoms with van der Waals surface area (Å²) in [5, 5.41) is 2.85. The molecular formula is C26H29ClN4O. The third kappa shape index (κ3) is 6.17. The van der Waals surface area contributed by atoms with Gasteiger partial charge >= 0.3 is 0 Å². The largest absolute Gasteiger partial charge is 0.369 e. The second kappa shape index (κ2) is 10.7. The van der Waals surface area contributed by atoms with Crippen molar-refractivity contribution < 1.29 is 4.84 Å². The van der Waals surface area contributed by atoms with Crippen LogP contribution in [0.15, 0.2) is 67.0 Å². The summed E-state index contributed by atoms with van der Waals surface area (Å²) in [4.78, 5) is 12.0. The van der Waals surface area contributed by atoms with Crippen LogP contribution >= 0.6 is 11.6 Å². The fourth-order valence-corrected chi connectivity index (χ4v) is 3.89. The highest BCUT2D eigenvalue weighted by molar-refractivity contribution is 6.31. The molecule has 6 heteroatoms. The second-order valence-electron chi connectivity index (χ2n) is 8.17. The maximum absolute atomic E-state index is 6.36. The van der Waals surface area contributed by atoms with Gasteiger partial charge in [0.05, 0.1) is 6.10 Å². The van der Waals surface area contributed by atoms with E-state index in [9.17, 15) is 0 Å². The monoisotopic (exact) mass is 448 g/mol. The van der Waals surface area contributed by atoms with Crippen molar-refractivity contribution in [1.29, 1.82) is 0 Å². The van der Waals surface area contributed by atoms with Crippen molar-refractivity contribution in [1.82, 2.24) is 15.6 Å². The number of hydrogen-bond donors (Lipinski definition) is 1. The molecule has 4 rings (SSSR count). The van der Waals surface area contributed by atoms with Crippen LogP contribution in [0.1, 0.15) is 25.0 Å². The van der Waals surface area contributed by atoms with Gasteiger partial charge in [-0.1, -0.05) is 35.9 Å². The van der Waals surface area contributed by atoms with Crippen LogP contribution in [0, 0.1) is 0 Å². The molecule has 5 nitrogen and oxygen atoms in total. The number of pyridine rings is 1. The Morgan fingerprint density at radius 3 is 2.25 bits per heavy atom. The SMILES string of the molecule is CC(C)ONN1CCN(c2ccc(/C=C/c3cc(Cl)cc(-c4ccncc4)c3)cc2)CC1. The number of hydrogen-bond acceptors (Lipinski definition) is 5. The summed E-state index contributed by atoms with van der Waals surface area (Å²) < 4.78 is 0. The Bertz CT molecular complexity index is 1030. The zero-order chi connectivity index (χ0) is 22.3. The van der Waals surface area contributed by atoms with Crippen LogP contribution < -0.4 is 10.5 Å². The van der Waals surface area contributed by atoms with E-state index in [0.717, 1.165) is 53.5 Å². The predicted molar refractivity (Wildman–Crippen MR) is 133 cm³/mol. The fraction of sp³-hybridized carbons (Fsp3) is 0.269. The number of hydrazine groups is 1. The molecular weight excluding hydrogens is 420 g/mol. The second-order valence-corrected chi connectivity index (χ2v) is 8.60. The Balaban J connectivity index is 1.38. The summed E-state index contributed by atoms with van der Waals surface area (Å²) in [7, 11) is 0. The van der Waals surface area contributed by atoms with Crippen molar-refractivity contribution in [3.05, 3.63) is 83.1 Å². The fourth-order valence-electron chi connectivity index (χ4n) is 3.64. The van der Waals surface area contributed by atoms with Gasteiger partial charge in [0.15, 0.2) is 0 Å². The molecule has 3 aromatic rings. The Hall–Kier alpha value is -2.70. The van der Waals surface area contributed by atoms with Crippen LogP contribution in [-0.4, -0.2) is 42.3 Å². The first-order valence-electron chi connectivity index (χ1n) is 11.0. The summed E-state index contributed by atoms with van der Waals surface area (Å²) in [5.41, 5.74) is 8.70. The molecule has 2 heterocycles. The molecule has 1 aliphatic rings. The van der Waals surface area contributed by atoms with Crippen molar-refractivity contribution in [3.63, 3.8) is 0 Å². The maximum atomic E-state index is 6.36. The average Bonchev–Trinajstić information content (AvgIpc) is 2.82. The van der Waals surface area contributed by atoms with E-state index < -0.39 is 0 Å².